The third-order valence-electron chi connectivity index (χ3n) is 5.05. The first-order valence-electron chi connectivity index (χ1n) is 8.58. The molecule has 0 saturated heterocycles. The number of fused-ring (bicyclic) bond motifs is 7. The van der Waals surface area contributed by atoms with Gasteiger partial charge in [-0.3, -0.25) is 0 Å². The highest BCUT2D eigenvalue weighted by molar-refractivity contribution is 5.88. The summed E-state index contributed by atoms with van der Waals surface area (Å²) in [5, 5.41) is 2.52. The van der Waals surface area contributed by atoms with Crippen molar-refractivity contribution in [1.29, 1.82) is 0 Å². The Balaban J connectivity index is 0.00000168. The van der Waals surface area contributed by atoms with E-state index in [0.29, 0.717) is 0 Å². The van der Waals surface area contributed by atoms with E-state index in [-0.39, 0.29) is 24.0 Å². The van der Waals surface area contributed by atoms with Crippen LogP contribution >= 0.6 is 0 Å². The second-order valence-electron chi connectivity index (χ2n) is 6.98. The Kier molecular flexibility index (Phi) is 4.03. The maximum absolute atomic E-state index is 2.34. The minimum absolute atomic E-state index is 0. The Morgan fingerprint density at radius 2 is 1.65 bits per heavy atom. The van der Waals surface area contributed by atoms with E-state index in [1.54, 1.807) is 0 Å². The van der Waals surface area contributed by atoms with Gasteiger partial charge in [0.1, 0.15) is 17.2 Å². The zero-order valence-electron chi connectivity index (χ0n) is 15.1. The highest BCUT2D eigenvalue weighted by atomic mass is 127. The maximum Gasteiger partial charge on any atom is 0.292 e. The van der Waals surface area contributed by atoms with Gasteiger partial charge in [0.05, 0.1) is 0 Å². The number of hydrogen-bond acceptors (Lipinski definition) is 1. The molecular formula is C22H20IN3. The molecule has 0 atom stereocenters. The van der Waals surface area contributed by atoms with Gasteiger partial charge in [0.15, 0.2) is 5.52 Å². The van der Waals surface area contributed by atoms with Crippen molar-refractivity contribution >= 4 is 38.7 Å². The van der Waals surface area contributed by atoms with E-state index in [0.717, 1.165) is 0 Å². The van der Waals surface area contributed by atoms with Crippen LogP contribution in [-0.4, -0.2) is 18.5 Å². The number of pyridine rings is 2. The van der Waals surface area contributed by atoms with Gasteiger partial charge in [-0.2, -0.15) is 8.80 Å². The fourth-order valence-electron chi connectivity index (χ4n) is 3.75. The summed E-state index contributed by atoms with van der Waals surface area (Å²) >= 11 is 0. The molecule has 3 aromatic heterocycles. The third-order valence-corrected chi connectivity index (χ3v) is 5.05. The number of benzene rings is 2. The smallest absolute Gasteiger partial charge is 0.292 e. The number of nitrogens with zero attached hydrogens (tertiary/aromatic N) is 3. The van der Waals surface area contributed by atoms with E-state index in [1.165, 1.54) is 44.2 Å². The quantitative estimate of drug-likeness (QED) is 0.276. The van der Waals surface area contributed by atoms with E-state index in [4.69, 9.17) is 0 Å². The van der Waals surface area contributed by atoms with Crippen molar-refractivity contribution in [3.8, 4) is 0 Å². The fraction of sp³-hybridized carbons (Fsp3) is 0.136. The first-order valence-corrected chi connectivity index (χ1v) is 8.58. The molecule has 0 radical (unpaired) electrons. The van der Waals surface area contributed by atoms with E-state index in [1.807, 2.05) is 0 Å². The van der Waals surface area contributed by atoms with Crippen molar-refractivity contribution in [3.05, 3.63) is 72.4 Å². The number of anilines is 1. The van der Waals surface area contributed by atoms with Crippen LogP contribution in [0.25, 0.3) is 33.0 Å². The van der Waals surface area contributed by atoms with Crippen molar-refractivity contribution in [3.63, 3.8) is 0 Å². The predicted molar refractivity (Wildman–Crippen MR) is 105 cm³/mol. The van der Waals surface area contributed by atoms with Gasteiger partial charge in [-0.25, -0.2) is 0 Å². The monoisotopic (exact) mass is 453 g/mol. The molecular weight excluding hydrogens is 433 g/mol. The number of imidazole rings is 1. The normalized spacial score (nSPS) is 11.3. The molecule has 2 aromatic carbocycles. The Hall–Kier alpha value is -2.34. The van der Waals surface area contributed by atoms with Crippen LogP contribution in [0.2, 0.25) is 0 Å². The van der Waals surface area contributed by atoms with Crippen LogP contribution in [0.4, 0.5) is 5.69 Å². The lowest BCUT2D eigenvalue weighted by Gasteiger charge is -2.12. The standard InChI is InChI=1S/C22H20N3.HI/c1-15-4-9-20-16(12-15)6-11-22-24(20)14-19-7-5-17-13-18(23(2)3)8-10-21(17)25(19)22;/h4-14H,1-3H3;1H/q+1;/p-1. The van der Waals surface area contributed by atoms with Crippen molar-refractivity contribution in [2.24, 2.45) is 0 Å². The van der Waals surface area contributed by atoms with Crippen LogP contribution in [0.1, 0.15) is 5.56 Å². The van der Waals surface area contributed by atoms with Crippen LogP contribution < -0.4 is 33.3 Å². The van der Waals surface area contributed by atoms with Gasteiger partial charge < -0.3 is 28.9 Å². The molecule has 4 heteroatoms. The molecule has 0 aliphatic heterocycles. The lowest BCUT2D eigenvalue weighted by Crippen LogP contribution is -3.00. The number of aryl methyl sites for hydroxylation is 1. The van der Waals surface area contributed by atoms with Gasteiger partial charge in [0.25, 0.3) is 5.65 Å². The molecule has 0 spiro atoms. The van der Waals surface area contributed by atoms with E-state index in [9.17, 15) is 0 Å². The molecule has 0 unspecified atom stereocenters. The molecule has 0 saturated carbocycles. The first-order chi connectivity index (χ1) is 12.1. The van der Waals surface area contributed by atoms with Gasteiger partial charge in [-0.05, 0) is 55.5 Å². The van der Waals surface area contributed by atoms with E-state index < -0.39 is 0 Å². The molecule has 0 amide bonds. The average molecular weight is 453 g/mol. The minimum Gasteiger partial charge on any atom is -1.00 e. The second kappa shape index (κ2) is 6.13. The van der Waals surface area contributed by atoms with Crippen LogP contribution in [0.5, 0.6) is 0 Å². The summed E-state index contributed by atoms with van der Waals surface area (Å²) < 4.78 is 4.64. The number of halogens is 1. The number of hydrogen-bond donors (Lipinski definition) is 0. The van der Waals surface area contributed by atoms with Crippen LogP contribution in [0, 0.1) is 6.92 Å². The molecule has 0 fully saturated rings. The number of aromatic nitrogens is 2. The average Bonchev–Trinajstić information content (AvgIpc) is 3.00. The van der Waals surface area contributed by atoms with Crippen molar-refractivity contribution in [2.45, 2.75) is 6.92 Å². The van der Waals surface area contributed by atoms with Crippen molar-refractivity contribution in [2.75, 3.05) is 19.0 Å². The summed E-state index contributed by atoms with van der Waals surface area (Å²) in [5.74, 6) is 0. The second-order valence-corrected chi connectivity index (χ2v) is 6.98. The van der Waals surface area contributed by atoms with Crippen molar-refractivity contribution < 1.29 is 28.4 Å². The lowest BCUT2D eigenvalue weighted by atomic mass is 10.1. The van der Waals surface area contributed by atoms with Crippen LogP contribution in [-0.2, 0) is 0 Å². The zero-order chi connectivity index (χ0) is 17.1. The van der Waals surface area contributed by atoms with Gasteiger partial charge in [0.2, 0.25) is 0 Å². The summed E-state index contributed by atoms with van der Waals surface area (Å²) in [7, 11) is 4.16. The molecule has 0 N–H and O–H groups in total. The topological polar surface area (TPSA) is 11.8 Å². The molecule has 5 rings (SSSR count). The highest BCUT2D eigenvalue weighted by Crippen LogP contribution is 2.24. The fourth-order valence-corrected chi connectivity index (χ4v) is 3.75. The minimum atomic E-state index is 0. The van der Waals surface area contributed by atoms with Crippen molar-refractivity contribution in [1.82, 2.24) is 4.40 Å². The lowest BCUT2D eigenvalue weighted by molar-refractivity contribution is -0.479. The Labute approximate surface area is 169 Å². The third kappa shape index (κ3) is 2.43. The Bertz CT molecular complexity index is 1280. The largest absolute Gasteiger partial charge is 1.00 e. The summed E-state index contributed by atoms with van der Waals surface area (Å²) in [6, 6.07) is 22.1. The molecule has 0 aliphatic carbocycles. The SMILES string of the molecule is Cc1ccc2c(ccc3n4c(ccc5cc(N(C)C)ccc54)c[n+]23)c1.[I-]. The van der Waals surface area contributed by atoms with Gasteiger partial charge >= 0.3 is 0 Å². The highest BCUT2D eigenvalue weighted by Gasteiger charge is 2.17. The Morgan fingerprint density at radius 1 is 0.846 bits per heavy atom. The molecule has 5 aromatic rings. The molecule has 3 heterocycles. The van der Waals surface area contributed by atoms with Gasteiger partial charge in [0, 0.05) is 36.6 Å². The van der Waals surface area contributed by atoms with Crippen LogP contribution in [0.15, 0.2) is 66.9 Å². The first kappa shape index (κ1) is 17.1. The summed E-state index contributed by atoms with van der Waals surface area (Å²) in [6.45, 7) is 2.14. The van der Waals surface area contributed by atoms with Crippen LogP contribution in [0.3, 0.4) is 0 Å². The number of rotatable bonds is 1. The molecule has 26 heavy (non-hydrogen) atoms. The summed E-state index contributed by atoms with van der Waals surface area (Å²) in [4.78, 5) is 2.14. The molecule has 3 nitrogen and oxygen atoms in total. The van der Waals surface area contributed by atoms with Gasteiger partial charge in [-0.15, -0.1) is 0 Å². The maximum atomic E-state index is 2.34. The zero-order valence-corrected chi connectivity index (χ0v) is 17.2. The van der Waals surface area contributed by atoms with E-state index in [2.05, 4.69) is 102 Å². The molecule has 130 valence electrons. The van der Waals surface area contributed by atoms with E-state index >= 15 is 0 Å². The molecule has 0 aliphatic rings. The molecule has 0 bridgehead atoms. The predicted octanol–water partition coefficient (Wildman–Crippen LogP) is 1.36. The Morgan fingerprint density at radius 3 is 2.46 bits per heavy atom. The summed E-state index contributed by atoms with van der Waals surface area (Å²) in [5.41, 5.74) is 7.38. The summed E-state index contributed by atoms with van der Waals surface area (Å²) in [6.07, 6.45) is 2.23. The van der Waals surface area contributed by atoms with Gasteiger partial charge in [-0.1, -0.05) is 11.6 Å².